The van der Waals surface area contributed by atoms with Gasteiger partial charge in [-0.15, -0.1) is 0 Å². The lowest BCUT2D eigenvalue weighted by atomic mass is 9.76. The molecule has 0 bridgehead atoms. The number of halogens is 1. The van der Waals surface area contributed by atoms with Crippen molar-refractivity contribution in [1.29, 1.82) is 0 Å². The number of benzene rings is 6. The molecular formula is C45H37BrN2O4. The zero-order valence-electron chi connectivity index (χ0n) is 29.4. The summed E-state index contributed by atoms with van der Waals surface area (Å²) in [4.78, 5) is 14.5. The first-order valence-corrected chi connectivity index (χ1v) is 18.3. The summed E-state index contributed by atoms with van der Waals surface area (Å²) in [6, 6.07) is 36.9. The minimum absolute atomic E-state index is 0.102. The van der Waals surface area contributed by atoms with E-state index in [2.05, 4.69) is 96.5 Å². The number of aryl methyl sites for hydroxylation is 1. The number of ether oxygens (including phenoxy) is 2. The van der Waals surface area contributed by atoms with Gasteiger partial charge in [-0.3, -0.25) is 9.48 Å². The SMILES string of the molecule is COc1ccc(C2(c3ccccc3)C=Cc3c4c(c5ccccc5c3O2)-c2c(cc(C)c3c(=O)n(-c5ccc(Br)cc5)n(CCO)c23)C4(C)C)cc1. The molecule has 2 heterocycles. The van der Waals surface area contributed by atoms with Crippen LogP contribution in [-0.4, -0.2) is 28.2 Å². The third-order valence-electron chi connectivity index (χ3n) is 11.0. The molecule has 0 spiro atoms. The van der Waals surface area contributed by atoms with Gasteiger partial charge in [-0.1, -0.05) is 109 Å². The molecule has 9 rings (SSSR count). The first-order chi connectivity index (χ1) is 25.2. The highest BCUT2D eigenvalue weighted by Gasteiger charge is 2.45. The van der Waals surface area contributed by atoms with Crippen LogP contribution in [0.4, 0.5) is 0 Å². The summed E-state index contributed by atoms with van der Waals surface area (Å²) in [6.07, 6.45) is 4.43. The highest BCUT2D eigenvalue weighted by atomic mass is 79.9. The number of aliphatic hydroxyl groups excluding tert-OH is 1. The fourth-order valence-electron chi connectivity index (χ4n) is 8.67. The van der Waals surface area contributed by atoms with Crippen LogP contribution in [0.1, 0.15) is 47.2 Å². The summed E-state index contributed by atoms with van der Waals surface area (Å²) in [5.74, 6) is 1.61. The summed E-state index contributed by atoms with van der Waals surface area (Å²) < 4.78 is 17.6. The molecule has 0 saturated heterocycles. The van der Waals surface area contributed by atoms with Gasteiger partial charge in [0.1, 0.15) is 11.5 Å². The number of rotatable bonds is 6. The van der Waals surface area contributed by atoms with E-state index >= 15 is 0 Å². The molecule has 1 unspecified atom stereocenters. The lowest BCUT2D eigenvalue weighted by Crippen LogP contribution is -2.35. The van der Waals surface area contributed by atoms with Crippen molar-refractivity contribution in [2.24, 2.45) is 0 Å². The quantitative estimate of drug-likeness (QED) is 0.184. The lowest BCUT2D eigenvalue weighted by molar-refractivity contribution is 0.163. The molecule has 0 amide bonds. The lowest BCUT2D eigenvalue weighted by Gasteiger charge is -2.38. The van der Waals surface area contributed by atoms with E-state index in [1.165, 1.54) is 0 Å². The van der Waals surface area contributed by atoms with Crippen molar-refractivity contribution in [3.63, 3.8) is 0 Å². The van der Waals surface area contributed by atoms with Crippen LogP contribution in [0.15, 0.2) is 125 Å². The van der Waals surface area contributed by atoms with E-state index in [1.54, 1.807) is 11.8 Å². The van der Waals surface area contributed by atoms with E-state index in [4.69, 9.17) is 9.47 Å². The van der Waals surface area contributed by atoms with Gasteiger partial charge in [-0.25, -0.2) is 4.68 Å². The number of hydrogen-bond acceptors (Lipinski definition) is 4. The minimum Gasteiger partial charge on any atom is -0.497 e. The van der Waals surface area contributed by atoms with E-state index in [-0.39, 0.29) is 18.7 Å². The Balaban J connectivity index is 1.38. The predicted octanol–water partition coefficient (Wildman–Crippen LogP) is 9.67. The molecule has 258 valence electrons. The van der Waals surface area contributed by atoms with Gasteiger partial charge in [0.15, 0.2) is 5.60 Å². The van der Waals surface area contributed by atoms with Crippen LogP contribution < -0.4 is 15.0 Å². The van der Waals surface area contributed by atoms with E-state index in [0.717, 1.165) is 82.5 Å². The second kappa shape index (κ2) is 11.8. The van der Waals surface area contributed by atoms with Crippen LogP contribution in [0.3, 0.4) is 0 Å². The first-order valence-electron chi connectivity index (χ1n) is 17.5. The van der Waals surface area contributed by atoms with Crippen molar-refractivity contribution < 1.29 is 14.6 Å². The molecule has 0 saturated carbocycles. The van der Waals surface area contributed by atoms with Crippen LogP contribution in [0.25, 0.3) is 44.6 Å². The van der Waals surface area contributed by atoms with Crippen molar-refractivity contribution >= 4 is 43.7 Å². The molecule has 6 aromatic carbocycles. The maximum absolute atomic E-state index is 14.5. The molecule has 52 heavy (non-hydrogen) atoms. The van der Waals surface area contributed by atoms with E-state index < -0.39 is 11.0 Å². The van der Waals surface area contributed by atoms with Crippen LogP contribution in [0, 0.1) is 6.92 Å². The number of methoxy groups -OCH3 is 1. The molecule has 1 aliphatic heterocycles. The van der Waals surface area contributed by atoms with Crippen molar-refractivity contribution in [2.75, 3.05) is 13.7 Å². The fraction of sp³-hybridized carbons (Fsp3) is 0.178. The van der Waals surface area contributed by atoms with Crippen molar-refractivity contribution in [3.05, 3.63) is 163 Å². The van der Waals surface area contributed by atoms with Crippen molar-refractivity contribution in [1.82, 2.24) is 9.36 Å². The average Bonchev–Trinajstić information content (AvgIpc) is 3.59. The smallest absolute Gasteiger partial charge is 0.279 e. The number of fused-ring (bicyclic) bond motifs is 10. The molecule has 1 aliphatic carbocycles. The molecule has 1 aromatic heterocycles. The normalized spacial score (nSPS) is 16.8. The van der Waals surface area contributed by atoms with Gasteiger partial charge in [0.2, 0.25) is 0 Å². The molecule has 1 N–H and O–H groups in total. The standard InChI is InChI=1S/C45H37BrN2O4/c1-27-26-36-39(41-37(27)43(50)48(47(41)24-25-49)31-18-16-30(46)17-19-31)38-33-12-8-9-13-34(33)42-35(40(38)44(36,2)3)22-23-45(52-42,28-10-6-5-7-11-28)29-14-20-32(51-4)21-15-29/h5-23,26,49H,24-25H2,1-4H3. The molecule has 2 aliphatic rings. The zero-order chi connectivity index (χ0) is 35.9. The third kappa shape index (κ3) is 4.49. The zero-order valence-corrected chi connectivity index (χ0v) is 31.0. The van der Waals surface area contributed by atoms with Gasteiger partial charge in [0, 0.05) is 37.5 Å². The molecule has 7 heteroatoms. The summed E-state index contributed by atoms with van der Waals surface area (Å²) >= 11 is 3.54. The highest BCUT2D eigenvalue weighted by molar-refractivity contribution is 9.10. The number of aliphatic hydroxyl groups is 1. The van der Waals surface area contributed by atoms with Crippen LogP contribution in [0.2, 0.25) is 0 Å². The fourth-order valence-corrected chi connectivity index (χ4v) is 8.94. The third-order valence-corrected chi connectivity index (χ3v) is 11.5. The Morgan fingerprint density at radius 3 is 2.21 bits per heavy atom. The van der Waals surface area contributed by atoms with Crippen LogP contribution >= 0.6 is 15.9 Å². The van der Waals surface area contributed by atoms with E-state index in [0.29, 0.717) is 5.39 Å². The minimum atomic E-state index is -0.888. The van der Waals surface area contributed by atoms with Gasteiger partial charge in [0.25, 0.3) is 5.56 Å². The maximum Gasteiger partial charge on any atom is 0.279 e. The second-order valence-electron chi connectivity index (χ2n) is 14.2. The van der Waals surface area contributed by atoms with Gasteiger partial charge in [-0.05, 0) is 77.0 Å². The summed E-state index contributed by atoms with van der Waals surface area (Å²) in [5.41, 5.74) is 8.55. The molecular weight excluding hydrogens is 712 g/mol. The van der Waals surface area contributed by atoms with Crippen molar-refractivity contribution in [2.45, 2.75) is 38.3 Å². The van der Waals surface area contributed by atoms with Gasteiger partial charge < -0.3 is 14.6 Å². The number of nitrogens with zero attached hydrogens (tertiary/aromatic N) is 2. The highest BCUT2D eigenvalue weighted by Crippen LogP contribution is 2.59. The molecule has 6 nitrogen and oxygen atoms in total. The topological polar surface area (TPSA) is 65.6 Å². The van der Waals surface area contributed by atoms with Crippen molar-refractivity contribution in [3.8, 4) is 28.3 Å². The van der Waals surface area contributed by atoms with E-state index in [1.807, 2.05) is 66.2 Å². The number of hydrogen-bond donors (Lipinski definition) is 1. The van der Waals surface area contributed by atoms with Gasteiger partial charge in [0.05, 0.1) is 36.9 Å². The Hall–Kier alpha value is -5.37. The average molecular weight is 750 g/mol. The summed E-state index contributed by atoms with van der Waals surface area (Å²) in [7, 11) is 1.68. The Bertz CT molecular complexity index is 2650. The summed E-state index contributed by atoms with van der Waals surface area (Å²) in [5, 5.41) is 13.2. The second-order valence-corrected chi connectivity index (χ2v) is 15.1. The Morgan fingerprint density at radius 2 is 1.52 bits per heavy atom. The maximum atomic E-state index is 14.5. The molecule has 0 fully saturated rings. The van der Waals surface area contributed by atoms with Gasteiger partial charge >= 0.3 is 0 Å². The van der Waals surface area contributed by atoms with E-state index in [9.17, 15) is 9.90 Å². The van der Waals surface area contributed by atoms with Crippen LogP contribution in [-0.2, 0) is 17.6 Å². The summed E-state index contributed by atoms with van der Waals surface area (Å²) in [6.45, 7) is 6.71. The predicted molar refractivity (Wildman–Crippen MR) is 212 cm³/mol. The molecule has 0 radical (unpaired) electrons. The Morgan fingerprint density at radius 1 is 0.846 bits per heavy atom. The monoisotopic (exact) mass is 748 g/mol. The van der Waals surface area contributed by atoms with Crippen LogP contribution in [0.5, 0.6) is 11.5 Å². The van der Waals surface area contributed by atoms with Gasteiger partial charge in [-0.2, -0.15) is 0 Å². The molecule has 1 atom stereocenters. The Kier molecular flexibility index (Phi) is 7.40. The Labute approximate surface area is 310 Å². The molecule has 7 aromatic rings. The number of aromatic nitrogens is 2. The first kappa shape index (κ1) is 32.5. The largest absolute Gasteiger partial charge is 0.497 e.